The van der Waals surface area contributed by atoms with Crippen LogP contribution in [0.25, 0.3) is 0 Å². The molecule has 1 saturated heterocycles. The predicted octanol–water partition coefficient (Wildman–Crippen LogP) is 5.37. The lowest BCUT2D eigenvalue weighted by Crippen LogP contribution is -2.12. The highest BCUT2D eigenvalue weighted by molar-refractivity contribution is 5.78. The highest BCUT2D eigenvalue weighted by Crippen LogP contribution is 2.27. The van der Waals surface area contributed by atoms with E-state index in [2.05, 4.69) is 11.7 Å². The molecule has 1 aliphatic heterocycles. The molecule has 0 aromatic carbocycles. The Morgan fingerprint density at radius 2 is 1.48 bits per heavy atom. The van der Waals surface area contributed by atoms with E-state index >= 15 is 0 Å². The van der Waals surface area contributed by atoms with Crippen LogP contribution in [0.5, 0.6) is 0 Å². The van der Waals surface area contributed by atoms with Crippen LogP contribution >= 0.6 is 0 Å². The Labute approximate surface area is 154 Å². The fourth-order valence-electron chi connectivity index (χ4n) is 3.50. The lowest BCUT2D eigenvalue weighted by molar-refractivity contribution is -0.140. The van der Waals surface area contributed by atoms with Crippen molar-refractivity contribution in [3.05, 3.63) is 0 Å². The molecule has 1 rings (SSSR count). The molecule has 4 heteroatoms. The van der Waals surface area contributed by atoms with Crippen LogP contribution in [-0.4, -0.2) is 31.1 Å². The number of rotatable bonds is 15. The Bertz CT molecular complexity index is 367. The first-order valence-corrected chi connectivity index (χ1v) is 10.4. The topological polar surface area (TPSA) is 52.6 Å². The van der Waals surface area contributed by atoms with Gasteiger partial charge in [0.25, 0.3) is 0 Å². The van der Waals surface area contributed by atoms with Crippen molar-refractivity contribution in [1.29, 1.82) is 0 Å². The van der Waals surface area contributed by atoms with E-state index in [0.29, 0.717) is 30.8 Å². The van der Waals surface area contributed by atoms with Gasteiger partial charge in [0.05, 0.1) is 19.3 Å². The molecule has 1 aliphatic rings. The smallest absolute Gasteiger partial charge is 0.305 e. The zero-order chi connectivity index (χ0) is 18.3. The largest absolute Gasteiger partial charge is 0.469 e. The third-order valence-corrected chi connectivity index (χ3v) is 5.13. The van der Waals surface area contributed by atoms with Gasteiger partial charge >= 0.3 is 5.97 Å². The van der Waals surface area contributed by atoms with E-state index in [4.69, 9.17) is 4.74 Å². The van der Waals surface area contributed by atoms with Gasteiger partial charge in [0, 0.05) is 19.3 Å². The minimum absolute atomic E-state index is 0.103. The van der Waals surface area contributed by atoms with Crippen molar-refractivity contribution >= 4 is 11.8 Å². The second-order valence-corrected chi connectivity index (χ2v) is 7.37. The van der Waals surface area contributed by atoms with Gasteiger partial charge in [0.1, 0.15) is 5.78 Å². The molecule has 25 heavy (non-hydrogen) atoms. The summed E-state index contributed by atoms with van der Waals surface area (Å²) in [7, 11) is 1.44. The first-order chi connectivity index (χ1) is 12.2. The van der Waals surface area contributed by atoms with Crippen molar-refractivity contribution in [1.82, 2.24) is 0 Å². The number of unbranched alkanes of at least 4 members (excludes halogenated alkanes) is 6. The first kappa shape index (κ1) is 22.1. The number of Topliss-reactive ketones (excluding diaryl/α,β-unsaturated/α-hetero) is 1. The number of hydrogen-bond donors (Lipinski definition) is 0. The Balaban J connectivity index is 1.95. The molecule has 1 heterocycles. The third-order valence-electron chi connectivity index (χ3n) is 5.13. The maximum absolute atomic E-state index is 11.8. The number of ketones is 1. The molecule has 0 aromatic heterocycles. The van der Waals surface area contributed by atoms with E-state index in [9.17, 15) is 9.59 Å². The van der Waals surface area contributed by atoms with Crippen LogP contribution in [0.2, 0.25) is 0 Å². The molecule has 0 spiro atoms. The van der Waals surface area contributed by atoms with Gasteiger partial charge < -0.3 is 9.47 Å². The first-order valence-electron chi connectivity index (χ1n) is 10.4. The normalized spacial score (nSPS) is 19.9. The minimum Gasteiger partial charge on any atom is -0.469 e. The molecule has 0 radical (unpaired) electrons. The molecule has 0 amide bonds. The van der Waals surface area contributed by atoms with Crippen molar-refractivity contribution in [2.24, 2.45) is 0 Å². The number of esters is 1. The van der Waals surface area contributed by atoms with Gasteiger partial charge in [-0.2, -0.15) is 0 Å². The predicted molar refractivity (Wildman–Crippen MR) is 101 cm³/mol. The zero-order valence-corrected chi connectivity index (χ0v) is 16.4. The van der Waals surface area contributed by atoms with Gasteiger partial charge in [-0.1, -0.05) is 45.4 Å². The number of carbonyl (C=O) groups excluding carboxylic acids is 2. The fourth-order valence-corrected chi connectivity index (χ4v) is 3.50. The van der Waals surface area contributed by atoms with Crippen LogP contribution in [-0.2, 0) is 19.1 Å². The van der Waals surface area contributed by atoms with E-state index in [1.807, 2.05) is 0 Å². The Kier molecular flexibility index (Phi) is 12.7. The molecule has 0 aromatic rings. The van der Waals surface area contributed by atoms with Crippen molar-refractivity contribution < 1.29 is 19.1 Å². The van der Waals surface area contributed by atoms with E-state index < -0.39 is 0 Å². The molecule has 0 N–H and O–H groups in total. The summed E-state index contributed by atoms with van der Waals surface area (Å²) in [5.74, 6) is 0.307. The summed E-state index contributed by atoms with van der Waals surface area (Å²) < 4.78 is 10.7. The van der Waals surface area contributed by atoms with Gasteiger partial charge in [-0.05, 0) is 38.5 Å². The minimum atomic E-state index is -0.103. The van der Waals surface area contributed by atoms with Gasteiger partial charge in [0.2, 0.25) is 0 Å². The van der Waals surface area contributed by atoms with Crippen LogP contribution in [0.4, 0.5) is 0 Å². The number of methoxy groups -OCH3 is 1. The second kappa shape index (κ2) is 14.3. The Morgan fingerprint density at radius 3 is 2.20 bits per heavy atom. The molecule has 2 atom stereocenters. The van der Waals surface area contributed by atoms with Crippen LogP contribution in [0, 0.1) is 0 Å². The summed E-state index contributed by atoms with van der Waals surface area (Å²) in [5.41, 5.74) is 0. The summed E-state index contributed by atoms with van der Waals surface area (Å²) in [6.45, 7) is 2.17. The maximum Gasteiger partial charge on any atom is 0.305 e. The summed E-state index contributed by atoms with van der Waals surface area (Å²) in [4.78, 5) is 22.8. The molecule has 4 nitrogen and oxygen atoms in total. The van der Waals surface area contributed by atoms with E-state index in [1.165, 1.54) is 32.8 Å². The van der Waals surface area contributed by atoms with Crippen molar-refractivity contribution in [2.75, 3.05) is 7.11 Å². The van der Waals surface area contributed by atoms with Crippen molar-refractivity contribution in [3.8, 4) is 0 Å². The summed E-state index contributed by atoms with van der Waals surface area (Å²) in [6, 6.07) is 0. The molecule has 0 bridgehead atoms. The molecule has 0 saturated carbocycles. The highest BCUT2D eigenvalue weighted by Gasteiger charge is 2.24. The molecule has 2 unspecified atom stereocenters. The van der Waals surface area contributed by atoms with Crippen LogP contribution in [0.3, 0.4) is 0 Å². The van der Waals surface area contributed by atoms with Crippen molar-refractivity contribution in [3.63, 3.8) is 0 Å². The van der Waals surface area contributed by atoms with Gasteiger partial charge in [-0.15, -0.1) is 0 Å². The molecule has 146 valence electrons. The lowest BCUT2D eigenvalue weighted by atomic mass is 10.0. The Morgan fingerprint density at radius 1 is 0.840 bits per heavy atom. The number of hydrogen-bond acceptors (Lipinski definition) is 4. The summed E-state index contributed by atoms with van der Waals surface area (Å²) >= 11 is 0. The average molecular weight is 355 g/mol. The van der Waals surface area contributed by atoms with E-state index in [0.717, 1.165) is 57.8 Å². The summed E-state index contributed by atoms with van der Waals surface area (Å²) in [6.07, 6.45) is 16.0. The summed E-state index contributed by atoms with van der Waals surface area (Å²) in [5, 5.41) is 0. The number of carbonyl (C=O) groups is 2. The van der Waals surface area contributed by atoms with Crippen molar-refractivity contribution in [2.45, 2.75) is 115 Å². The fraction of sp³-hybridized carbons (Fsp3) is 0.905. The van der Waals surface area contributed by atoms with Crippen LogP contribution in [0.15, 0.2) is 0 Å². The third kappa shape index (κ3) is 11.4. The molecule has 0 aliphatic carbocycles. The van der Waals surface area contributed by atoms with Gasteiger partial charge in [-0.25, -0.2) is 0 Å². The SMILES string of the molecule is CCCCCC(=O)CCC1CCC(CCCCCCCC(=O)OC)O1. The lowest BCUT2D eigenvalue weighted by Gasteiger charge is -2.13. The standard InChI is InChI=1S/C21H38O4/c1-3-4-8-11-18(22)14-15-20-17-16-19(25-20)12-9-6-5-7-10-13-21(23)24-2/h19-20H,3-17H2,1-2H3. The quantitative estimate of drug-likeness (QED) is 0.293. The number of ether oxygens (including phenoxy) is 2. The molecule has 1 fully saturated rings. The second-order valence-electron chi connectivity index (χ2n) is 7.37. The molecular weight excluding hydrogens is 316 g/mol. The van der Waals surface area contributed by atoms with Crippen LogP contribution < -0.4 is 0 Å². The van der Waals surface area contributed by atoms with Crippen LogP contribution in [0.1, 0.15) is 103 Å². The Hall–Kier alpha value is -0.900. The zero-order valence-electron chi connectivity index (χ0n) is 16.4. The maximum atomic E-state index is 11.8. The average Bonchev–Trinajstić information content (AvgIpc) is 3.07. The van der Waals surface area contributed by atoms with Gasteiger partial charge in [0.15, 0.2) is 0 Å². The monoisotopic (exact) mass is 354 g/mol. The molecular formula is C21H38O4. The highest BCUT2D eigenvalue weighted by atomic mass is 16.5. The van der Waals surface area contributed by atoms with E-state index in [-0.39, 0.29) is 5.97 Å². The van der Waals surface area contributed by atoms with Gasteiger partial charge in [-0.3, -0.25) is 9.59 Å². The van der Waals surface area contributed by atoms with E-state index in [1.54, 1.807) is 0 Å².